The van der Waals surface area contributed by atoms with Crippen LogP contribution in [0.25, 0.3) is 0 Å². The highest BCUT2D eigenvalue weighted by atomic mass is 16.6. The molecule has 0 heterocycles. The molecule has 0 spiro atoms. The number of esters is 3. The van der Waals surface area contributed by atoms with Gasteiger partial charge in [0.1, 0.15) is 13.2 Å². The molecule has 0 aromatic heterocycles. The van der Waals surface area contributed by atoms with Gasteiger partial charge >= 0.3 is 17.9 Å². The average molecular weight is 960 g/mol. The first-order valence-electron chi connectivity index (χ1n) is 28.7. The summed E-state index contributed by atoms with van der Waals surface area (Å²) < 4.78 is 16.8. The zero-order valence-corrected chi connectivity index (χ0v) is 45.0. The van der Waals surface area contributed by atoms with Crippen LogP contribution in [-0.4, -0.2) is 37.2 Å². The van der Waals surface area contributed by atoms with Gasteiger partial charge in [0, 0.05) is 19.3 Å². The number of hydrogen-bond donors (Lipinski definition) is 0. The van der Waals surface area contributed by atoms with Crippen molar-refractivity contribution < 1.29 is 28.6 Å². The van der Waals surface area contributed by atoms with Gasteiger partial charge in [-0.05, 0) is 122 Å². The monoisotopic (exact) mass is 959 g/mol. The summed E-state index contributed by atoms with van der Waals surface area (Å²) in [5, 5.41) is 0. The molecule has 0 unspecified atom stereocenters. The van der Waals surface area contributed by atoms with Gasteiger partial charge in [-0.15, -0.1) is 0 Å². The molecule has 394 valence electrons. The molecule has 0 rings (SSSR count). The lowest BCUT2D eigenvalue weighted by atomic mass is 10.1. The van der Waals surface area contributed by atoms with Gasteiger partial charge in [-0.25, -0.2) is 0 Å². The second kappa shape index (κ2) is 56.9. The summed E-state index contributed by atoms with van der Waals surface area (Å²) in [5.41, 5.74) is 0. The number of carbonyl (C=O) groups excluding carboxylic acids is 3. The lowest BCUT2D eigenvalue weighted by Crippen LogP contribution is -2.30. The number of rotatable bonds is 51. The number of carbonyl (C=O) groups is 3. The Morgan fingerprint density at radius 3 is 0.942 bits per heavy atom. The molecule has 69 heavy (non-hydrogen) atoms. The minimum atomic E-state index is -0.800. The maximum atomic E-state index is 12.9. The van der Waals surface area contributed by atoms with Gasteiger partial charge < -0.3 is 14.2 Å². The Balaban J connectivity index is 4.48. The van der Waals surface area contributed by atoms with Crippen molar-refractivity contribution in [3.8, 4) is 0 Å². The van der Waals surface area contributed by atoms with Crippen LogP contribution in [-0.2, 0) is 28.6 Å². The Kier molecular flexibility index (Phi) is 53.9. The predicted molar refractivity (Wildman–Crippen MR) is 297 cm³/mol. The molecule has 0 saturated heterocycles. The van der Waals surface area contributed by atoms with E-state index in [2.05, 4.69) is 118 Å². The Morgan fingerprint density at radius 1 is 0.304 bits per heavy atom. The summed E-state index contributed by atoms with van der Waals surface area (Å²) in [5.74, 6) is -0.942. The van der Waals surface area contributed by atoms with Crippen LogP contribution in [0.5, 0.6) is 0 Å². The van der Waals surface area contributed by atoms with E-state index in [9.17, 15) is 14.4 Å². The Labute approximate surface area is 426 Å². The summed E-state index contributed by atoms with van der Waals surface area (Å²) in [6, 6.07) is 0. The van der Waals surface area contributed by atoms with Crippen molar-refractivity contribution >= 4 is 17.9 Å². The van der Waals surface area contributed by atoms with Crippen LogP contribution in [0, 0.1) is 0 Å². The van der Waals surface area contributed by atoms with E-state index in [-0.39, 0.29) is 31.1 Å². The van der Waals surface area contributed by atoms with Crippen LogP contribution < -0.4 is 0 Å². The Morgan fingerprint density at radius 2 is 0.565 bits per heavy atom. The molecule has 0 aromatic rings. The molecule has 6 nitrogen and oxygen atoms in total. The molecule has 0 amide bonds. The molecule has 0 aliphatic heterocycles. The van der Waals surface area contributed by atoms with Gasteiger partial charge in [0.15, 0.2) is 6.10 Å². The quantitative estimate of drug-likeness (QED) is 0.0262. The molecule has 1 atom stereocenters. The second-order valence-electron chi connectivity index (χ2n) is 18.8. The molecule has 0 aromatic carbocycles. The van der Waals surface area contributed by atoms with E-state index in [1.54, 1.807) is 0 Å². The number of ether oxygens (including phenoxy) is 3. The van der Waals surface area contributed by atoms with E-state index in [0.717, 1.165) is 116 Å². The maximum absolute atomic E-state index is 12.9. The fourth-order valence-electron chi connectivity index (χ4n) is 7.73. The summed E-state index contributed by atoms with van der Waals surface area (Å²) in [6.07, 6.45) is 75.3. The lowest BCUT2D eigenvalue weighted by Gasteiger charge is -2.18. The molecule has 0 aliphatic carbocycles. The third kappa shape index (κ3) is 55.1. The predicted octanol–water partition coefficient (Wildman–Crippen LogP) is 19.3. The molecule has 0 aliphatic rings. The molecule has 0 fully saturated rings. The lowest BCUT2D eigenvalue weighted by molar-refractivity contribution is -0.167. The van der Waals surface area contributed by atoms with Crippen molar-refractivity contribution in [2.24, 2.45) is 0 Å². The van der Waals surface area contributed by atoms with Gasteiger partial charge in [-0.1, -0.05) is 221 Å². The fraction of sp³-hybridized carbons (Fsp3) is 0.698. The Bertz CT molecular complexity index is 1380. The zero-order chi connectivity index (χ0) is 50.0. The van der Waals surface area contributed by atoms with Crippen LogP contribution in [0.2, 0.25) is 0 Å². The van der Waals surface area contributed by atoms with Crippen molar-refractivity contribution in [1.29, 1.82) is 0 Å². The normalized spacial score (nSPS) is 12.8. The van der Waals surface area contributed by atoms with Crippen LogP contribution in [0.4, 0.5) is 0 Å². The van der Waals surface area contributed by atoms with Gasteiger partial charge in [0.2, 0.25) is 0 Å². The number of hydrogen-bond acceptors (Lipinski definition) is 6. The average Bonchev–Trinajstić information content (AvgIpc) is 3.35. The van der Waals surface area contributed by atoms with E-state index in [4.69, 9.17) is 14.2 Å². The van der Waals surface area contributed by atoms with E-state index >= 15 is 0 Å². The van der Waals surface area contributed by atoms with E-state index < -0.39 is 6.10 Å². The van der Waals surface area contributed by atoms with Gasteiger partial charge in [-0.2, -0.15) is 0 Å². The minimum absolute atomic E-state index is 0.0961. The maximum Gasteiger partial charge on any atom is 0.306 e. The van der Waals surface area contributed by atoms with Crippen molar-refractivity contribution in [1.82, 2.24) is 0 Å². The molecule has 0 radical (unpaired) electrons. The zero-order valence-electron chi connectivity index (χ0n) is 45.0. The molecular weight excluding hydrogens is 853 g/mol. The van der Waals surface area contributed by atoms with Crippen molar-refractivity contribution in [3.63, 3.8) is 0 Å². The van der Waals surface area contributed by atoms with Crippen LogP contribution in [0.3, 0.4) is 0 Å². The van der Waals surface area contributed by atoms with Crippen LogP contribution in [0.15, 0.2) is 97.2 Å². The topological polar surface area (TPSA) is 78.9 Å². The highest BCUT2D eigenvalue weighted by Gasteiger charge is 2.19. The van der Waals surface area contributed by atoms with Crippen LogP contribution >= 0.6 is 0 Å². The summed E-state index contributed by atoms with van der Waals surface area (Å²) >= 11 is 0. The second-order valence-corrected chi connectivity index (χ2v) is 18.8. The third-order valence-corrected chi connectivity index (χ3v) is 12.0. The summed E-state index contributed by atoms with van der Waals surface area (Å²) in [7, 11) is 0. The van der Waals surface area contributed by atoms with E-state index in [0.29, 0.717) is 19.3 Å². The highest BCUT2D eigenvalue weighted by Crippen LogP contribution is 2.14. The number of unbranched alkanes of at least 4 members (excludes halogenated alkanes) is 24. The molecule has 6 heteroatoms. The SMILES string of the molecule is CC/C=C\C/C=C\C/C=C\C/C=C\C/C=C\CCCCCC(=O)OC[C@H](COC(=O)CCCCCCC/C=C\CCCCCCCC)OC(=O)CCCCCCCCC/C=C\C/C=C\CCCCC. The fourth-order valence-corrected chi connectivity index (χ4v) is 7.73. The molecule has 0 bridgehead atoms. The molecular formula is C63H106O6. The molecule has 0 saturated carbocycles. The standard InChI is InChI=1S/C63H106O6/c1-4-7-10-13-16-19-22-25-28-30-31-33-35-38-41-44-47-50-53-56-62(65)68-59-60(58-67-61(64)55-52-49-46-43-40-37-34-27-24-21-18-15-12-9-6-3)69-63(66)57-54-51-48-45-42-39-36-32-29-26-23-20-17-14-11-8-5-2/h7,10,16-17,19-20,25-29,31,33-34,38,41,60H,4-6,8-9,11-15,18,21-24,30,32,35-37,39-40,42-59H2,1-3H3/b10-7-,19-16-,20-17-,28-25-,29-26-,33-31-,34-27-,41-38-/t60-/m0/s1. The smallest absolute Gasteiger partial charge is 0.306 e. The molecule has 0 N–H and O–H groups in total. The van der Waals surface area contributed by atoms with Gasteiger partial charge in [-0.3, -0.25) is 14.4 Å². The van der Waals surface area contributed by atoms with E-state index in [1.807, 2.05) is 0 Å². The first-order chi connectivity index (χ1) is 34.0. The van der Waals surface area contributed by atoms with E-state index in [1.165, 1.54) is 109 Å². The largest absolute Gasteiger partial charge is 0.462 e. The summed E-state index contributed by atoms with van der Waals surface area (Å²) in [6.45, 7) is 6.46. The first-order valence-corrected chi connectivity index (χ1v) is 28.7. The van der Waals surface area contributed by atoms with Gasteiger partial charge in [0.05, 0.1) is 0 Å². The third-order valence-electron chi connectivity index (χ3n) is 12.0. The first kappa shape index (κ1) is 65.3. The van der Waals surface area contributed by atoms with Crippen molar-refractivity contribution in [2.75, 3.05) is 13.2 Å². The van der Waals surface area contributed by atoms with Crippen LogP contribution in [0.1, 0.15) is 265 Å². The Hall–Kier alpha value is -3.67. The minimum Gasteiger partial charge on any atom is -0.462 e. The van der Waals surface area contributed by atoms with Crippen molar-refractivity contribution in [2.45, 2.75) is 271 Å². The van der Waals surface area contributed by atoms with Gasteiger partial charge in [0.25, 0.3) is 0 Å². The highest BCUT2D eigenvalue weighted by molar-refractivity contribution is 5.71. The number of allylic oxidation sites excluding steroid dienone is 16. The van der Waals surface area contributed by atoms with Crippen molar-refractivity contribution in [3.05, 3.63) is 97.2 Å². The summed E-state index contributed by atoms with van der Waals surface area (Å²) in [4.78, 5) is 38.2.